The van der Waals surface area contributed by atoms with Crippen molar-refractivity contribution in [2.45, 2.75) is 45.7 Å². The van der Waals surface area contributed by atoms with Gasteiger partial charge in [-0.15, -0.1) is 0 Å². The summed E-state index contributed by atoms with van der Waals surface area (Å²) in [5.74, 6) is 0.765. The molecule has 2 aliphatic heterocycles. The Morgan fingerprint density at radius 3 is 2.37 bits per heavy atom. The molecule has 0 aliphatic carbocycles. The summed E-state index contributed by atoms with van der Waals surface area (Å²) in [5.41, 5.74) is 5.87. The van der Waals surface area contributed by atoms with Crippen molar-refractivity contribution in [1.82, 2.24) is 10.2 Å². The molecule has 210 valence electrons. The van der Waals surface area contributed by atoms with Crippen molar-refractivity contribution in [1.29, 1.82) is 0 Å². The number of amidine groups is 1. The zero-order valence-corrected chi connectivity index (χ0v) is 24.5. The molecule has 2 N–H and O–H groups in total. The van der Waals surface area contributed by atoms with E-state index in [1.807, 2.05) is 71.8 Å². The Morgan fingerprint density at radius 1 is 1.00 bits per heavy atom. The number of aliphatic imine (C=N–C) groups is 1. The summed E-state index contributed by atoms with van der Waals surface area (Å²) in [7, 11) is 1.61. The predicted molar refractivity (Wildman–Crippen MR) is 165 cm³/mol. The summed E-state index contributed by atoms with van der Waals surface area (Å²) in [5, 5.41) is 8.79. The van der Waals surface area contributed by atoms with Crippen LogP contribution in [0.2, 0.25) is 0 Å². The molecule has 0 aromatic heterocycles. The molecule has 2 aliphatic rings. The predicted octanol–water partition coefficient (Wildman–Crippen LogP) is 6.74. The second-order valence-electron chi connectivity index (χ2n) is 10.3. The molecule has 0 saturated heterocycles. The van der Waals surface area contributed by atoms with Crippen molar-refractivity contribution in [2.24, 2.45) is 4.99 Å². The van der Waals surface area contributed by atoms with Gasteiger partial charge < -0.3 is 20.3 Å². The zero-order chi connectivity index (χ0) is 28.9. The third kappa shape index (κ3) is 6.38. The van der Waals surface area contributed by atoms with Gasteiger partial charge in [0.15, 0.2) is 5.17 Å². The van der Waals surface area contributed by atoms with E-state index >= 15 is 0 Å². The number of methoxy groups -OCH3 is 1. The molecule has 0 spiro atoms. The van der Waals surface area contributed by atoms with Gasteiger partial charge in [-0.3, -0.25) is 9.59 Å². The normalized spacial score (nSPS) is 16.2. The van der Waals surface area contributed by atoms with E-state index in [2.05, 4.69) is 48.7 Å². The highest BCUT2D eigenvalue weighted by Crippen LogP contribution is 2.45. The molecule has 8 heteroatoms. The first-order valence-electron chi connectivity index (χ1n) is 13.6. The Kier molecular flexibility index (Phi) is 8.59. The number of thioether (sulfide) groups is 1. The van der Waals surface area contributed by atoms with Gasteiger partial charge in [-0.1, -0.05) is 80.2 Å². The molecule has 1 unspecified atom stereocenters. The van der Waals surface area contributed by atoms with Crippen molar-refractivity contribution in [3.63, 3.8) is 0 Å². The highest BCUT2D eigenvalue weighted by Gasteiger charge is 2.40. The fourth-order valence-electron chi connectivity index (χ4n) is 4.93. The Hall–Kier alpha value is -4.30. The van der Waals surface area contributed by atoms with Crippen LogP contribution < -0.4 is 15.4 Å². The van der Waals surface area contributed by atoms with Crippen LogP contribution >= 0.6 is 11.8 Å². The summed E-state index contributed by atoms with van der Waals surface area (Å²) in [4.78, 5) is 33.8. The first-order valence-corrected chi connectivity index (χ1v) is 14.5. The van der Waals surface area contributed by atoms with Crippen LogP contribution in [0.5, 0.6) is 5.75 Å². The van der Waals surface area contributed by atoms with Gasteiger partial charge in [-0.25, -0.2) is 4.99 Å². The molecule has 3 aromatic rings. The number of carbonyl (C=O) groups is 2. The van der Waals surface area contributed by atoms with Gasteiger partial charge in [-0.2, -0.15) is 0 Å². The SMILES string of the molecule is COc1ccc(NC(=O)C2=C(C)N=C3SC=C(CC(=O)NCc4ccccc4)N3C2c2ccc(C(C)C)cc2)cc1. The lowest BCUT2D eigenvalue weighted by Gasteiger charge is -2.36. The molecule has 2 heterocycles. The summed E-state index contributed by atoms with van der Waals surface area (Å²) >= 11 is 1.48. The Labute approximate surface area is 245 Å². The molecule has 0 saturated carbocycles. The first kappa shape index (κ1) is 28.2. The molecule has 3 aromatic carbocycles. The average Bonchev–Trinajstić information content (AvgIpc) is 3.37. The number of hydrogen-bond donors (Lipinski definition) is 2. The van der Waals surface area contributed by atoms with Crippen molar-refractivity contribution in [2.75, 3.05) is 12.4 Å². The standard InChI is InChI=1S/C33H34N4O3S/c1-21(2)24-10-12-25(13-11-24)31-30(32(39)36-26-14-16-28(40-4)17-15-26)22(3)35-33-37(31)27(20-41-33)18-29(38)34-19-23-8-6-5-7-9-23/h5-17,20-21,31H,18-19H2,1-4H3,(H,34,38)(H,36,39). The lowest BCUT2D eigenvalue weighted by atomic mass is 9.91. The van der Waals surface area contributed by atoms with Gasteiger partial charge in [0.2, 0.25) is 5.91 Å². The highest BCUT2D eigenvalue weighted by molar-refractivity contribution is 8.16. The van der Waals surface area contributed by atoms with E-state index in [1.54, 1.807) is 7.11 Å². The van der Waals surface area contributed by atoms with Crippen molar-refractivity contribution in [3.8, 4) is 5.75 Å². The number of fused-ring (bicyclic) bond motifs is 1. The van der Waals surface area contributed by atoms with Gasteiger partial charge in [0, 0.05) is 17.9 Å². The molecule has 7 nitrogen and oxygen atoms in total. The van der Waals surface area contributed by atoms with Crippen LogP contribution in [0.1, 0.15) is 55.8 Å². The van der Waals surface area contributed by atoms with Gasteiger partial charge in [0.1, 0.15) is 5.75 Å². The minimum atomic E-state index is -0.440. The van der Waals surface area contributed by atoms with Crippen LogP contribution in [0.25, 0.3) is 0 Å². The van der Waals surface area contributed by atoms with Crippen LogP contribution in [-0.4, -0.2) is 29.0 Å². The summed E-state index contributed by atoms with van der Waals surface area (Å²) in [6.45, 7) is 6.64. The number of ether oxygens (including phenoxy) is 1. The number of amides is 2. The maximum atomic E-state index is 13.9. The Bertz CT molecular complexity index is 1510. The van der Waals surface area contributed by atoms with Crippen molar-refractivity contribution < 1.29 is 14.3 Å². The lowest BCUT2D eigenvalue weighted by molar-refractivity contribution is -0.120. The van der Waals surface area contributed by atoms with Gasteiger partial charge >= 0.3 is 0 Å². The third-order valence-corrected chi connectivity index (χ3v) is 8.07. The fraction of sp³-hybridized carbons (Fsp3) is 0.242. The Morgan fingerprint density at radius 2 is 1.71 bits per heavy atom. The van der Waals surface area contributed by atoms with Gasteiger partial charge in [0.25, 0.3) is 5.91 Å². The van der Waals surface area contributed by atoms with Crippen LogP contribution in [0, 0.1) is 0 Å². The minimum Gasteiger partial charge on any atom is -0.497 e. The zero-order valence-electron chi connectivity index (χ0n) is 23.7. The van der Waals surface area contributed by atoms with E-state index in [9.17, 15) is 9.59 Å². The summed E-state index contributed by atoms with van der Waals surface area (Å²) in [6.07, 6.45) is 0.172. The number of hydrogen-bond acceptors (Lipinski definition) is 6. The molecule has 41 heavy (non-hydrogen) atoms. The van der Waals surface area contributed by atoms with E-state index in [4.69, 9.17) is 9.73 Å². The van der Waals surface area contributed by atoms with Crippen LogP contribution in [0.4, 0.5) is 5.69 Å². The number of nitrogens with one attached hydrogen (secondary N) is 2. The van der Waals surface area contributed by atoms with E-state index < -0.39 is 6.04 Å². The molecular weight excluding hydrogens is 532 g/mol. The smallest absolute Gasteiger partial charge is 0.255 e. The quantitative estimate of drug-likeness (QED) is 0.300. The highest BCUT2D eigenvalue weighted by atomic mass is 32.2. The molecule has 5 rings (SSSR count). The lowest BCUT2D eigenvalue weighted by Crippen LogP contribution is -2.38. The molecule has 0 fully saturated rings. The molecule has 1 atom stereocenters. The van der Waals surface area contributed by atoms with Crippen LogP contribution in [-0.2, 0) is 16.1 Å². The van der Waals surface area contributed by atoms with E-state index in [0.717, 1.165) is 22.0 Å². The first-order chi connectivity index (χ1) is 19.8. The molecule has 0 radical (unpaired) electrons. The molecule has 2 amide bonds. The van der Waals surface area contributed by atoms with Crippen molar-refractivity contribution in [3.05, 3.63) is 118 Å². The maximum Gasteiger partial charge on any atom is 0.255 e. The number of nitrogens with zero attached hydrogens (tertiary/aromatic N) is 2. The molecule has 0 bridgehead atoms. The Balaban J connectivity index is 1.44. The number of allylic oxidation sites excluding steroid dienone is 1. The second-order valence-corrected chi connectivity index (χ2v) is 11.2. The van der Waals surface area contributed by atoms with Gasteiger partial charge in [0.05, 0.1) is 30.8 Å². The monoisotopic (exact) mass is 566 g/mol. The number of anilines is 1. The molecular formula is C33H34N4O3S. The second kappa shape index (κ2) is 12.5. The largest absolute Gasteiger partial charge is 0.497 e. The third-order valence-electron chi connectivity index (χ3n) is 7.19. The number of carbonyl (C=O) groups excluding carboxylic acids is 2. The van der Waals surface area contributed by atoms with Gasteiger partial charge in [-0.05, 0) is 59.2 Å². The van der Waals surface area contributed by atoms with E-state index in [-0.39, 0.29) is 18.2 Å². The number of rotatable bonds is 9. The number of benzene rings is 3. The van der Waals surface area contributed by atoms with Crippen LogP contribution in [0.15, 0.2) is 106 Å². The fourth-order valence-corrected chi connectivity index (χ4v) is 5.90. The minimum absolute atomic E-state index is 0.0913. The summed E-state index contributed by atoms with van der Waals surface area (Å²) < 4.78 is 5.25. The van der Waals surface area contributed by atoms with Crippen molar-refractivity contribution >= 4 is 34.4 Å². The topological polar surface area (TPSA) is 83.0 Å². The van der Waals surface area contributed by atoms with Crippen LogP contribution in [0.3, 0.4) is 0 Å². The van der Waals surface area contributed by atoms with E-state index in [1.165, 1.54) is 17.3 Å². The maximum absolute atomic E-state index is 13.9. The summed E-state index contributed by atoms with van der Waals surface area (Å²) in [6, 6.07) is 25.0. The van der Waals surface area contributed by atoms with E-state index in [0.29, 0.717) is 35.2 Å². The average molecular weight is 567 g/mol.